The van der Waals surface area contributed by atoms with Crippen molar-refractivity contribution in [2.75, 3.05) is 0 Å². The first-order valence-electron chi connectivity index (χ1n) is 7.77. The summed E-state index contributed by atoms with van der Waals surface area (Å²) in [5.41, 5.74) is 5.09. The van der Waals surface area contributed by atoms with Crippen LogP contribution in [0.5, 0.6) is 0 Å². The predicted octanol–water partition coefficient (Wildman–Crippen LogP) is 5.06. The van der Waals surface area contributed by atoms with E-state index in [0.717, 1.165) is 39.3 Å². The summed E-state index contributed by atoms with van der Waals surface area (Å²) in [5, 5.41) is 1.91. The van der Waals surface area contributed by atoms with Crippen LogP contribution in [-0.2, 0) is 6.42 Å². The minimum absolute atomic E-state index is 0.152. The maximum atomic E-state index is 6.19. The molecule has 0 saturated carbocycles. The van der Waals surface area contributed by atoms with E-state index in [-0.39, 0.29) is 5.54 Å². The summed E-state index contributed by atoms with van der Waals surface area (Å²) < 4.78 is 0. The number of aromatic nitrogens is 1. The Kier molecular flexibility index (Phi) is 3.24. The second kappa shape index (κ2) is 5.17. The van der Waals surface area contributed by atoms with Crippen molar-refractivity contribution in [3.8, 4) is 0 Å². The van der Waals surface area contributed by atoms with Crippen LogP contribution < -0.4 is 0 Å². The molecule has 0 N–H and O–H groups in total. The van der Waals surface area contributed by atoms with Crippen LogP contribution >= 0.6 is 11.6 Å². The Morgan fingerprint density at radius 3 is 2.70 bits per heavy atom. The largest absolute Gasteiger partial charge is 0.276 e. The van der Waals surface area contributed by atoms with Gasteiger partial charge in [-0.05, 0) is 50.1 Å². The fraction of sp³-hybridized carbons (Fsp3) is 0.200. The van der Waals surface area contributed by atoms with Crippen molar-refractivity contribution >= 4 is 28.2 Å². The molecule has 2 nitrogen and oxygen atoms in total. The first kappa shape index (κ1) is 14.4. The van der Waals surface area contributed by atoms with Gasteiger partial charge in [0.1, 0.15) is 0 Å². The molecular weight excluding hydrogens is 304 g/mol. The van der Waals surface area contributed by atoms with Gasteiger partial charge in [-0.1, -0.05) is 41.9 Å². The second-order valence-corrected chi connectivity index (χ2v) is 7.08. The van der Waals surface area contributed by atoms with Crippen molar-refractivity contribution in [2.45, 2.75) is 25.8 Å². The Hall–Kier alpha value is -2.19. The van der Waals surface area contributed by atoms with Crippen LogP contribution in [0.25, 0.3) is 10.9 Å². The van der Waals surface area contributed by atoms with Crippen LogP contribution in [0.2, 0.25) is 5.02 Å². The smallest absolute Gasteiger partial charge is 0.0912 e. The monoisotopic (exact) mass is 320 g/mol. The number of hydrogen-bond donors (Lipinski definition) is 0. The van der Waals surface area contributed by atoms with E-state index in [1.54, 1.807) is 0 Å². The van der Waals surface area contributed by atoms with Crippen molar-refractivity contribution in [2.24, 2.45) is 4.99 Å². The Morgan fingerprint density at radius 1 is 1.00 bits per heavy atom. The molecule has 114 valence electrons. The van der Waals surface area contributed by atoms with Gasteiger partial charge in [-0.3, -0.25) is 4.99 Å². The van der Waals surface area contributed by atoms with Crippen molar-refractivity contribution in [3.63, 3.8) is 0 Å². The van der Waals surface area contributed by atoms with E-state index in [1.165, 1.54) is 5.56 Å². The molecule has 0 saturated heterocycles. The van der Waals surface area contributed by atoms with Crippen LogP contribution in [0.4, 0.5) is 0 Å². The molecule has 0 radical (unpaired) electrons. The molecule has 0 amide bonds. The van der Waals surface area contributed by atoms with Crippen molar-refractivity contribution in [1.82, 2.24) is 4.98 Å². The van der Waals surface area contributed by atoms with Crippen LogP contribution in [0.3, 0.4) is 0 Å². The highest BCUT2D eigenvalue weighted by Crippen LogP contribution is 2.31. The number of para-hydroxylation sites is 1. The van der Waals surface area contributed by atoms with Crippen LogP contribution in [0.15, 0.2) is 59.6 Å². The molecule has 0 spiro atoms. The number of nitrogens with zero attached hydrogens (tertiary/aromatic N) is 2. The molecule has 0 aliphatic carbocycles. The maximum absolute atomic E-state index is 6.19. The molecule has 0 atom stereocenters. The summed E-state index contributed by atoms with van der Waals surface area (Å²) >= 11 is 6.19. The lowest BCUT2D eigenvalue weighted by Crippen LogP contribution is -2.29. The molecule has 1 aliphatic rings. The average molecular weight is 321 g/mol. The molecule has 4 rings (SSSR count). The fourth-order valence-corrected chi connectivity index (χ4v) is 3.40. The van der Waals surface area contributed by atoms with Gasteiger partial charge >= 0.3 is 0 Å². The number of aliphatic imine (C=N–C) groups is 1. The number of fused-ring (bicyclic) bond motifs is 2. The molecule has 0 unspecified atom stereocenters. The first-order chi connectivity index (χ1) is 11.0. The van der Waals surface area contributed by atoms with Crippen molar-refractivity contribution in [3.05, 3.63) is 76.4 Å². The molecule has 1 aliphatic heterocycles. The molecule has 3 aromatic rings. The molecule has 0 fully saturated rings. The average Bonchev–Trinajstić information content (AvgIpc) is 2.52. The number of benzene rings is 2. The topological polar surface area (TPSA) is 25.2 Å². The quantitative estimate of drug-likeness (QED) is 0.615. The molecule has 0 bridgehead atoms. The van der Waals surface area contributed by atoms with E-state index in [2.05, 4.69) is 38.1 Å². The Morgan fingerprint density at radius 2 is 1.83 bits per heavy atom. The molecule has 1 aromatic heterocycles. The molecule has 2 heterocycles. The molecular formula is C20H17ClN2. The summed E-state index contributed by atoms with van der Waals surface area (Å²) in [7, 11) is 0. The Balaban J connectivity index is 1.93. The van der Waals surface area contributed by atoms with Gasteiger partial charge in [0.25, 0.3) is 0 Å². The maximum Gasteiger partial charge on any atom is 0.0912 e. The van der Waals surface area contributed by atoms with Crippen LogP contribution in [0, 0.1) is 0 Å². The van der Waals surface area contributed by atoms with Gasteiger partial charge in [-0.15, -0.1) is 0 Å². The number of rotatable bonds is 1. The van der Waals surface area contributed by atoms with E-state index >= 15 is 0 Å². The standard InChI is InChI=1S/C20H17ClN2/c1-20(2)12-14-11-15(21)8-9-16(14)19(23-20)18-10-7-13-5-3-4-6-17(13)22-18/h3-11H,12H2,1-2H3. The van der Waals surface area contributed by atoms with Gasteiger partial charge in [-0.2, -0.15) is 0 Å². The highest BCUT2D eigenvalue weighted by Gasteiger charge is 2.28. The summed E-state index contributed by atoms with van der Waals surface area (Å²) in [6.07, 6.45) is 0.889. The highest BCUT2D eigenvalue weighted by atomic mass is 35.5. The highest BCUT2D eigenvalue weighted by molar-refractivity contribution is 6.31. The first-order valence-corrected chi connectivity index (χ1v) is 8.14. The molecule has 2 aromatic carbocycles. The minimum Gasteiger partial charge on any atom is -0.276 e. The summed E-state index contributed by atoms with van der Waals surface area (Å²) in [6, 6.07) is 18.4. The third-order valence-corrected chi connectivity index (χ3v) is 4.44. The number of pyridine rings is 1. The van der Waals surface area contributed by atoms with Crippen LogP contribution in [-0.4, -0.2) is 16.2 Å². The van der Waals surface area contributed by atoms with Gasteiger partial charge in [-0.25, -0.2) is 4.98 Å². The summed E-state index contributed by atoms with van der Waals surface area (Å²) in [6.45, 7) is 4.30. The van der Waals surface area contributed by atoms with Crippen molar-refractivity contribution in [1.29, 1.82) is 0 Å². The lowest BCUT2D eigenvalue weighted by atomic mass is 9.86. The van der Waals surface area contributed by atoms with E-state index in [0.29, 0.717) is 0 Å². The van der Waals surface area contributed by atoms with Gasteiger partial charge in [0.15, 0.2) is 0 Å². The summed E-state index contributed by atoms with van der Waals surface area (Å²) in [5.74, 6) is 0. The minimum atomic E-state index is -0.152. The Bertz CT molecular complexity index is 941. The zero-order chi connectivity index (χ0) is 16.0. The normalized spacial score (nSPS) is 16.0. The van der Waals surface area contributed by atoms with Crippen LogP contribution in [0.1, 0.15) is 30.7 Å². The van der Waals surface area contributed by atoms with Gasteiger partial charge in [0.05, 0.1) is 22.5 Å². The zero-order valence-electron chi connectivity index (χ0n) is 13.2. The number of halogens is 1. The Labute approximate surface area is 140 Å². The lowest BCUT2D eigenvalue weighted by Gasteiger charge is -2.29. The van der Waals surface area contributed by atoms with E-state index < -0.39 is 0 Å². The number of hydrogen-bond acceptors (Lipinski definition) is 2. The lowest BCUT2D eigenvalue weighted by molar-refractivity contribution is 0.513. The van der Waals surface area contributed by atoms with E-state index in [1.807, 2.05) is 30.3 Å². The zero-order valence-corrected chi connectivity index (χ0v) is 13.9. The molecule has 23 heavy (non-hydrogen) atoms. The predicted molar refractivity (Wildman–Crippen MR) is 96.6 cm³/mol. The van der Waals surface area contributed by atoms with Crippen molar-refractivity contribution < 1.29 is 0 Å². The SMILES string of the molecule is CC1(C)Cc2cc(Cl)ccc2C(c2ccc3ccccc3n2)=N1. The second-order valence-electron chi connectivity index (χ2n) is 6.64. The third-order valence-electron chi connectivity index (χ3n) is 4.20. The van der Waals surface area contributed by atoms with Gasteiger partial charge in [0.2, 0.25) is 0 Å². The van der Waals surface area contributed by atoms with E-state index in [9.17, 15) is 0 Å². The third kappa shape index (κ3) is 2.64. The summed E-state index contributed by atoms with van der Waals surface area (Å²) in [4.78, 5) is 9.80. The molecule has 3 heteroatoms. The van der Waals surface area contributed by atoms with E-state index in [4.69, 9.17) is 21.6 Å². The fourth-order valence-electron chi connectivity index (χ4n) is 3.20. The van der Waals surface area contributed by atoms with Gasteiger partial charge < -0.3 is 0 Å². The van der Waals surface area contributed by atoms with Gasteiger partial charge in [0, 0.05) is 16.0 Å².